The lowest BCUT2D eigenvalue weighted by Gasteiger charge is -2.10. The molecule has 21 heavy (non-hydrogen) atoms. The lowest BCUT2D eigenvalue weighted by atomic mass is 10.3. The highest BCUT2D eigenvalue weighted by Gasteiger charge is 2.11. The van der Waals surface area contributed by atoms with Crippen molar-refractivity contribution in [3.05, 3.63) is 47.2 Å². The molecule has 0 aliphatic carbocycles. The zero-order chi connectivity index (χ0) is 15.3. The van der Waals surface area contributed by atoms with Crippen molar-refractivity contribution in [2.24, 2.45) is 0 Å². The van der Waals surface area contributed by atoms with E-state index < -0.39 is 10.0 Å². The lowest BCUT2D eigenvalue weighted by molar-refractivity contribution is 0.343. The maximum absolute atomic E-state index is 11.9. The standard InChI is InChI=1S/C13H14BrN3O3S/c14-13-6-5-10(9-16-13)17-21(18,19)8-7-20-12-4-2-1-3-11(12)15/h1-6,9,17H,7-8,15H2. The second kappa shape index (κ2) is 6.77. The molecule has 2 aromatic rings. The molecule has 0 aliphatic heterocycles. The molecule has 1 aromatic carbocycles. The molecule has 0 amide bonds. The Morgan fingerprint density at radius 2 is 2.00 bits per heavy atom. The molecule has 112 valence electrons. The number of para-hydroxylation sites is 2. The van der Waals surface area contributed by atoms with Crippen LogP contribution in [0.3, 0.4) is 0 Å². The monoisotopic (exact) mass is 371 g/mol. The highest BCUT2D eigenvalue weighted by molar-refractivity contribution is 9.10. The van der Waals surface area contributed by atoms with Crippen molar-refractivity contribution < 1.29 is 13.2 Å². The number of nitrogens with one attached hydrogen (secondary N) is 1. The molecule has 0 aliphatic rings. The number of rotatable bonds is 6. The van der Waals surface area contributed by atoms with E-state index in [0.29, 0.717) is 21.7 Å². The van der Waals surface area contributed by atoms with Crippen LogP contribution in [0.2, 0.25) is 0 Å². The number of nitrogens with two attached hydrogens (primary N) is 1. The summed E-state index contributed by atoms with van der Waals surface area (Å²) in [6.45, 7) is 0.00744. The van der Waals surface area contributed by atoms with Crippen LogP contribution in [-0.4, -0.2) is 25.8 Å². The summed E-state index contributed by atoms with van der Waals surface area (Å²) < 4.78 is 32.2. The first-order valence-electron chi connectivity index (χ1n) is 6.06. The van der Waals surface area contributed by atoms with Crippen molar-refractivity contribution in [2.45, 2.75) is 0 Å². The van der Waals surface area contributed by atoms with Gasteiger partial charge >= 0.3 is 0 Å². The average molecular weight is 372 g/mol. The van der Waals surface area contributed by atoms with Gasteiger partial charge in [-0.25, -0.2) is 13.4 Å². The van der Waals surface area contributed by atoms with Gasteiger partial charge in [0.2, 0.25) is 10.0 Å². The Hall–Kier alpha value is -1.80. The topological polar surface area (TPSA) is 94.3 Å². The van der Waals surface area contributed by atoms with Gasteiger partial charge in [0.15, 0.2) is 0 Å². The maximum atomic E-state index is 11.9. The van der Waals surface area contributed by atoms with Crippen LogP contribution in [0, 0.1) is 0 Å². The van der Waals surface area contributed by atoms with Crippen molar-refractivity contribution in [1.82, 2.24) is 4.98 Å². The minimum Gasteiger partial charge on any atom is -0.490 e. The van der Waals surface area contributed by atoms with Crippen LogP contribution in [0.4, 0.5) is 11.4 Å². The van der Waals surface area contributed by atoms with E-state index in [0.717, 1.165) is 0 Å². The fourth-order valence-electron chi connectivity index (χ4n) is 1.54. The third-order valence-corrected chi connectivity index (χ3v) is 4.25. The number of nitrogens with zero attached hydrogens (tertiary/aromatic N) is 1. The molecule has 6 nitrogen and oxygen atoms in total. The minimum absolute atomic E-state index is 0.00744. The summed E-state index contributed by atoms with van der Waals surface area (Å²) in [5.41, 5.74) is 6.58. The largest absolute Gasteiger partial charge is 0.490 e. The summed E-state index contributed by atoms with van der Waals surface area (Å²) in [5.74, 6) is 0.287. The smallest absolute Gasteiger partial charge is 0.236 e. The Kier molecular flexibility index (Phi) is 5.03. The Balaban J connectivity index is 1.90. The van der Waals surface area contributed by atoms with E-state index in [1.165, 1.54) is 6.20 Å². The third-order valence-electron chi connectivity index (χ3n) is 2.53. The number of anilines is 2. The van der Waals surface area contributed by atoms with Gasteiger partial charge < -0.3 is 10.5 Å². The van der Waals surface area contributed by atoms with Gasteiger partial charge in [0.1, 0.15) is 22.7 Å². The molecule has 1 aromatic heterocycles. The summed E-state index contributed by atoms with van der Waals surface area (Å²) in [4.78, 5) is 3.94. The summed E-state index contributed by atoms with van der Waals surface area (Å²) in [7, 11) is -3.50. The molecule has 0 spiro atoms. The molecule has 0 saturated heterocycles. The third kappa shape index (κ3) is 4.91. The van der Waals surface area contributed by atoms with Crippen molar-refractivity contribution in [3.63, 3.8) is 0 Å². The average Bonchev–Trinajstić information content (AvgIpc) is 2.43. The van der Waals surface area contributed by atoms with E-state index in [-0.39, 0.29) is 12.4 Å². The zero-order valence-electron chi connectivity index (χ0n) is 11.0. The Bertz CT molecular complexity index is 705. The summed E-state index contributed by atoms with van der Waals surface area (Å²) in [6.07, 6.45) is 1.43. The molecule has 0 bridgehead atoms. The van der Waals surface area contributed by atoms with Gasteiger partial charge in [0.25, 0.3) is 0 Å². The maximum Gasteiger partial charge on any atom is 0.236 e. The van der Waals surface area contributed by atoms with Gasteiger partial charge in [-0.3, -0.25) is 4.72 Å². The van der Waals surface area contributed by atoms with Gasteiger partial charge in [-0.05, 0) is 40.2 Å². The number of aromatic nitrogens is 1. The summed E-state index contributed by atoms with van der Waals surface area (Å²) in [6, 6.07) is 10.2. The molecule has 0 saturated carbocycles. The number of pyridine rings is 1. The van der Waals surface area contributed by atoms with Crippen LogP contribution < -0.4 is 15.2 Å². The van der Waals surface area contributed by atoms with Gasteiger partial charge in [0, 0.05) is 0 Å². The highest BCUT2D eigenvalue weighted by Crippen LogP contribution is 2.19. The fraction of sp³-hybridized carbons (Fsp3) is 0.154. The van der Waals surface area contributed by atoms with Gasteiger partial charge in [0.05, 0.1) is 17.6 Å². The number of hydrogen-bond donors (Lipinski definition) is 2. The molecular formula is C13H14BrN3O3S. The first-order chi connectivity index (χ1) is 9.96. The van der Waals surface area contributed by atoms with Crippen molar-refractivity contribution in [1.29, 1.82) is 0 Å². The van der Waals surface area contributed by atoms with E-state index in [2.05, 4.69) is 25.6 Å². The highest BCUT2D eigenvalue weighted by atomic mass is 79.9. The normalized spacial score (nSPS) is 11.1. The number of benzene rings is 1. The second-order valence-corrected chi connectivity index (χ2v) is 6.83. The molecule has 0 radical (unpaired) electrons. The molecular weight excluding hydrogens is 358 g/mol. The summed E-state index contributed by atoms with van der Waals surface area (Å²) in [5, 5.41) is 0. The predicted molar refractivity (Wildman–Crippen MR) is 85.7 cm³/mol. The number of nitrogen functional groups attached to an aromatic ring is 1. The van der Waals surface area contributed by atoms with E-state index in [4.69, 9.17) is 10.5 Å². The van der Waals surface area contributed by atoms with Crippen LogP contribution in [0.25, 0.3) is 0 Å². The van der Waals surface area contributed by atoms with Crippen LogP contribution in [0.1, 0.15) is 0 Å². The minimum atomic E-state index is -3.50. The van der Waals surface area contributed by atoms with Gasteiger partial charge in [-0.15, -0.1) is 0 Å². The number of sulfonamides is 1. The quantitative estimate of drug-likeness (QED) is 0.599. The first kappa shape index (κ1) is 15.6. The van der Waals surface area contributed by atoms with Crippen molar-refractivity contribution >= 4 is 37.3 Å². The van der Waals surface area contributed by atoms with E-state index >= 15 is 0 Å². The van der Waals surface area contributed by atoms with Crippen molar-refractivity contribution in [3.8, 4) is 5.75 Å². The number of hydrogen-bond acceptors (Lipinski definition) is 5. The van der Waals surface area contributed by atoms with Crippen LogP contribution in [0.15, 0.2) is 47.2 Å². The summed E-state index contributed by atoms with van der Waals surface area (Å²) >= 11 is 3.18. The molecule has 2 rings (SSSR count). The zero-order valence-corrected chi connectivity index (χ0v) is 13.4. The van der Waals surface area contributed by atoms with E-state index in [1.807, 2.05) is 0 Å². The molecule has 8 heteroatoms. The SMILES string of the molecule is Nc1ccccc1OCCS(=O)(=O)Nc1ccc(Br)nc1. The molecule has 0 atom stereocenters. The number of ether oxygens (including phenoxy) is 1. The predicted octanol–water partition coefficient (Wildman–Crippen LogP) is 2.25. The Morgan fingerprint density at radius 3 is 2.67 bits per heavy atom. The number of halogens is 1. The fourth-order valence-corrected chi connectivity index (χ4v) is 2.66. The van der Waals surface area contributed by atoms with Gasteiger partial charge in [-0.1, -0.05) is 12.1 Å². The molecule has 0 unspecified atom stereocenters. The Labute approximate surface area is 131 Å². The first-order valence-corrected chi connectivity index (χ1v) is 8.50. The van der Waals surface area contributed by atoms with Crippen LogP contribution in [0.5, 0.6) is 5.75 Å². The molecule has 1 heterocycles. The molecule has 0 fully saturated rings. The molecule has 3 N–H and O–H groups in total. The van der Waals surface area contributed by atoms with E-state index in [9.17, 15) is 8.42 Å². The second-order valence-electron chi connectivity index (χ2n) is 4.18. The van der Waals surface area contributed by atoms with Crippen molar-refractivity contribution in [2.75, 3.05) is 22.8 Å². The van der Waals surface area contributed by atoms with Crippen LogP contribution in [-0.2, 0) is 10.0 Å². The van der Waals surface area contributed by atoms with Crippen LogP contribution >= 0.6 is 15.9 Å². The Morgan fingerprint density at radius 1 is 1.24 bits per heavy atom. The van der Waals surface area contributed by atoms with Gasteiger partial charge in [-0.2, -0.15) is 0 Å². The lowest BCUT2D eigenvalue weighted by Crippen LogP contribution is -2.21. The van der Waals surface area contributed by atoms with E-state index in [1.54, 1.807) is 36.4 Å².